The Morgan fingerprint density at radius 2 is 1.90 bits per heavy atom. The third kappa shape index (κ3) is 6.31. The Balaban J connectivity index is 2.20. The second kappa shape index (κ2) is 9.06. The lowest BCUT2D eigenvalue weighted by Crippen LogP contribution is -2.36. The minimum absolute atomic E-state index is 0.0664. The molecule has 0 aliphatic heterocycles. The van der Waals surface area contributed by atoms with Gasteiger partial charge in [0.25, 0.3) is 0 Å². The number of nitrogens with one attached hydrogen (secondary N) is 2. The van der Waals surface area contributed by atoms with Crippen LogP contribution in [0.2, 0.25) is 0 Å². The van der Waals surface area contributed by atoms with Crippen molar-refractivity contribution >= 4 is 11.9 Å². The van der Waals surface area contributed by atoms with E-state index >= 15 is 0 Å². The van der Waals surface area contributed by atoms with Gasteiger partial charge in [0, 0.05) is 20.2 Å². The number of carbonyl (C=O) groups is 2. The average molecular weight is 280 g/mol. The summed E-state index contributed by atoms with van der Waals surface area (Å²) in [5.41, 5.74) is 1.25. The Morgan fingerprint density at radius 3 is 2.50 bits per heavy atom. The Morgan fingerprint density at radius 1 is 1.20 bits per heavy atom. The van der Waals surface area contributed by atoms with E-state index in [4.69, 9.17) is 9.84 Å². The summed E-state index contributed by atoms with van der Waals surface area (Å²) in [6, 6.07) is 6.64. The predicted molar refractivity (Wildman–Crippen MR) is 74.9 cm³/mol. The van der Waals surface area contributed by atoms with E-state index in [0.29, 0.717) is 26.1 Å². The quantitative estimate of drug-likeness (QED) is 0.566. The lowest BCUT2D eigenvalue weighted by Gasteiger charge is -2.06. The van der Waals surface area contributed by atoms with Gasteiger partial charge >= 0.3 is 5.97 Å². The van der Waals surface area contributed by atoms with Crippen LogP contribution in [0, 0.1) is 0 Å². The van der Waals surface area contributed by atoms with Gasteiger partial charge < -0.3 is 20.5 Å². The van der Waals surface area contributed by atoms with Crippen molar-refractivity contribution in [3.8, 4) is 0 Å². The van der Waals surface area contributed by atoms with Gasteiger partial charge in [-0.15, -0.1) is 0 Å². The highest BCUT2D eigenvalue weighted by molar-refractivity contribution is 5.87. The second-order valence-corrected chi connectivity index (χ2v) is 4.27. The molecule has 0 spiro atoms. The highest BCUT2D eigenvalue weighted by Gasteiger charge is 2.03. The third-order valence-corrected chi connectivity index (χ3v) is 2.71. The Bertz CT molecular complexity index is 431. The van der Waals surface area contributed by atoms with Gasteiger partial charge in [0.05, 0.1) is 18.7 Å². The normalized spacial score (nSPS) is 10.2. The zero-order valence-corrected chi connectivity index (χ0v) is 11.5. The number of amides is 1. The van der Waals surface area contributed by atoms with Crippen LogP contribution in [0.5, 0.6) is 0 Å². The summed E-state index contributed by atoms with van der Waals surface area (Å²) < 4.78 is 4.85. The zero-order valence-electron chi connectivity index (χ0n) is 11.5. The molecule has 0 saturated carbocycles. The summed E-state index contributed by atoms with van der Waals surface area (Å²) in [7, 11) is 1.61. The fourth-order valence-electron chi connectivity index (χ4n) is 1.60. The summed E-state index contributed by atoms with van der Waals surface area (Å²) >= 11 is 0. The first-order valence-corrected chi connectivity index (χ1v) is 6.42. The van der Waals surface area contributed by atoms with Crippen LogP contribution in [0.3, 0.4) is 0 Å². The molecular weight excluding hydrogens is 260 g/mol. The summed E-state index contributed by atoms with van der Waals surface area (Å²) in [5.74, 6) is -1.00. The van der Waals surface area contributed by atoms with Crippen molar-refractivity contribution in [2.45, 2.75) is 6.42 Å². The largest absolute Gasteiger partial charge is 0.478 e. The number of benzene rings is 1. The van der Waals surface area contributed by atoms with Crippen molar-refractivity contribution in [2.24, 2.45) is 0 Å². The lowest BCUT2D eigenvalue weighted by atomic mass is 10.1. The zero-order chi connectivity index (χ0) is 14.8. The standard InChI is InChI=1S/C14H20N2O4/c1-20-9-8-15-10-13(17)16-7-6-11-2-4-12(5-3-11)14(18)19/h2-5,15H,6-10H2,1H3,(H,16,17)(H,18,19). The van der Waals surface area contributed by atoms with Crippen LogP contribution < -0.4 is 10.6 Å². The predicted octanol–water partition coefficient (Wildman–Crippen LogP) is 0.280. The maximum atomic E-state index is 11.4. The molecule has 0 radical (unpaired) electrons. The highest BCUT2D eigenvalue weighted by Crippen LogP contribution is 2.04. The van der Waals surface area contributed by atoms with Crippen molar-refractivity contribution in [3.05, 3.63) is 35.4 Å². The van der Waals surface area contributed by atoms with Crippen LogP contribution in [0.15, 0.2) is 24.3 Å². The molecule has 0 bridgehead atoms. The van der Waals surface area contributed by atoms with Crippen LogP contribution >= 0.6 is 0 Å². The number of rotatable bonds is 9. The second-order valence-electron chi connectivity index (χ2n) is 4.27. The van der Waals surface area contributed by atoms with Crippen molar-refractivity contribution in [1.82, 2.24) is 10.6 Å². The molecule has 110 valence electrons. The van der Waals surface area contributed by atoms with Crippen molar-refractivity contribution in [3.63, 3.8) is 0 Å². The number of carboxylic acids is 1. The van der Waals surface area contributed by atoms with E-state index in [-0.39, 0.29) is 18.0 Å². The number of carbonyl (C=O) groups excluding carboxylic acids is 1. The molecule has 0 saturated heterocycles. The molecule has 0 aromatic heterocycles. The van der Waals surface area contributed by atoms with Crippen LogP contribution in [0.4, 0.5) is 0 Å². The number of methoxy groups -OCH3 is 1. The van der Waals surface area contributed by atoms with Crippen molar-refractivity contribution in [1.29, 1.82) is 0 Å². The van der Waals surface area contributed by atoms with Crippen molar-refractivity contribution in [2.75, 3.05) is 33.4 Å². The molecule has 1 amide bonds. The van der Waals surface area contributed by atoms with Gasteiger partial charge in [0.1, 0.15) is 0 Å². The van der Waals surface area contributed by atoms with E-state index in [0.717, 1.165) is 5.56 Å². The van der Waals surface area contributed by atoms with E-state index in [1.165, 1.54) is 0 Å². The first-order valence-electron chi connectivity index (χ1n) is 6.42. The first-order chi connectivity index (χ1) is 9.63. The smallest absolute Gasteiger partial charge is 0.335 e. The van der Waals surface area contributed by atoms with Gasteiger partial charge in [-0.05, 0) is 24.1 Å². The summed E-state index contributed by atoms with van der Waals surface area (Å²) in [6.07, 6.45) is 0.670. The number of ether oxygens (including phenoxy) is 1. The molecule has 6 heteroatoms. The molecule has 0 atom stereocenters. The van der Waals surface area contributed by atoms with E-state index < -0.39 is 5.97 Å². The monoisotopic (exact) mass is 280 g/mol. The first kappa shape index (κ1) is 16.1. The number of hydrogen-bond donors (Lipinski definition) is 3. The average Bonchev–Trinajstić information content (AvgIpc) is 2.44. The molecule has 3 N–H and O–H groups in total. The Labute approximate surface area is 118 Å². The minimum Gasteiger partial charge on any atom is -0.478 e. The van der Waals surface area contributed by atoms with Gasteiger partial charge in [-0.3, -0.25) is 4.79 Å². The van der Waals surface area contributed by atoms with Crippen LogP contribution in [0.25, 0.3) is 0 Å². The fourth-order valence-corrected chi connectivity index (χ4v) is 1.60. The van der Waals surface area contributed by atoms with Crippen LogP contribution in [-0.4, -0.2) is 50.3 Å². The van der Waals surface area contributed by atoms with Gasteiger partial charge in [-0.25, -0.2) is 4.79 Å². The van der Waals surface area contributed by atoms with E-state index in [9.17, 15) is 9.59 Å². The Hall–Kier alpha value is -1.92. The van der Waals surface area contributed by atoms with Gasteiger partial charge in [0.15, 0.2) is 0 Å². The number of carboxylic acid groups (broad SMARTS) is 1. The molecule has 1 aromatic carbocycles. The molecule has 0 fully saturated rings. The molecular formula is C14H20N2O4. The van der Waals surface area contributed by atoms with E-state index in [1.807, 2.05) is 0 Å². The summed E-state index contributed by atoms with van der Waals surface area (Å²) in [5, 5.41) is 14.5. The molecule has 0 aliphatic carbocycles. The van der Waals surface area contributed by atoms with Crippen LogP contribution in [-0.2, 0) is 16.0 Å². The molecule has 0 aliphatic rings. The van der Waals surface area contributed by atoms with E-state index in [2.05, 4.69) is 10.6 Å². The number of aromatic carboxylic acids is 1. The topological polar surface area (TPSA) is 87.7 Å². The lowest BCUT2D eigenvalue weighted by molar-refractivity contribution is -0.120. The third-order valence-electron chi connectivity index (χ3n) is 2.71. The maximum Gasteiger partial charge on any atom is 0.335 e. The van der Waals surface area contributed by atoms with Gasteiger partial charge in [-0.1, -0.05) is 12.1 Å². The highest BCUT2D eigenvalue weighted by atomic mass is 16.5. The maximum absolute atomic E-state index is 11.4. The SMILES string of the molecule is COCCNCC(=O)NCCc1ccc(C(=O)O)cc1. The summed E-state index contributed by atoms with van der Waals surface area (Å²) in [6.45, 7) is 2.00. The van der Waals surface area contributed by atoms with E-state index in [1.54, 1.807) is 31.4 Å². The summed E-state index contributed by atoms with van der Waals surface area (Å²) in [4.78, 5) is 22.1. The molecule has 1 rings (SSSR count). The molecule has 0 unspecified atom stereocenters. The molecule has 6 nitrogen and oxygen atoms in total. The van der Waals surface area contributed by atoms with Crippen molar-refractivity contribution < 1.29 is 19.4 Å². The Kier molecular flexibility index (Phi) is 7.31. The van der Waals surface area contributed by atoms with Crippen LogP contribution in [0.1, 0.15) is 15.9 Å². The number of hydrogen-bond acceptors (Lipinski definition) is 4. The molecule has 0 heterocycles. The fraction of sp³-hybridized carbons (Fsp3) is 0.429. The molecule has 20 heavy (non-hydrogen) atoms. The minimum atomic E-state index is -0.938. The molecule has 1 aromatic rings. The van der Waals surface area contributed by atoms with Gasteiger partial charge in [-0.2, -0.15) is 0 Å². The van der Waals surface area contributed by atoms with Gasteiger partial charge in [0.2, 0.25) is 5.91 Å².